The van der Waals surface area contributed by atoms with E-state index in [1.165, 1.54) is 0 Å². The number of anilines is 1. The SMILES string of the molecule is CCCn1c(-c2ccccc2OC(C)C)ccc(N)c1=O. The Balaban J connectivity index is 2.62. The van der Waals surface area contributed by atoms with Gasteiger partial charge in [-0.05, 0) is 44.5 Å². The molecule has 0 amide bonds. The van der Waals surface area contributed by atoms with Crippen molar-refractivity contribution in [1.29, 1.82) is 0 Å². The van der Waals surface area contributed by atoms with Crippen LogP contribution in [0.5, 0.6) is 5.75 Å². The molecule has 2 N–H and O–H groups in total. The molecule has 2 rings (SSSR count). The molecule has 0 saturated carbocycles. The summed E-state index contributed by atoms with van der Waals surface area (Å²) in [6.45, 7) is 6.64. The summed E-state index contributed by atoms with van der Waals surface area (Å²) < 4.78 is 7.58. The van der Waals surface area contributed by atoms with Crippen LogP contribution >= 0.6 is 0 Å². The summed E-state index contributed by atoms with van der Waals surface area (Å²) >= 11 is 0. The fourth-order valence-corrected chi connectivity index (χ4v) is 2.31. The molecule has 1 heterocycles. The van der Waals surface area contributed by atoms with Crippen molar-refractivity contribution in [2.24, 2.45) is 0 Å². The van der Waals surface area contributed by atoms with E-state index >= 15 is 0 Å². The first-order valence-electron chi connectivity index (χ1n) is 7.30. The number of benzene rings is 1. The van der Waals surface area contributed by atoms with Crippen LogP contribution in [-0.4, -0.2) is 10.7 Å². The number of hydrogen-bond acceptors (Lipinski definition) is 3. The maximum absolute atomic E-state index is 12.3. The number of hydrogen-bond donors (Lipinski definition) is 1. The van der Waals surface area contributed by atoms with Crippen LogP contribution in [0.25, 0.3) is 11.3 Å². The number of nitrogen functional groups attached to an aromatic ring is 1. The van der Waals surface area contributed by atoms with Crippen molar-refractivity contribution < 1.29 is 4.74 Å². The molecular formula is C17H22N2O2. The monoisotopic (exact) mass is 286 g/mol. The molecule has 0 unspecified atom stereocenters. The van der Waals surface area contributed by atoms with Gasteiger partial charge in [-0.3, -0.25) is 4.79 Å². The molecule has 0 fully saturated rings. The number of nitrogens with two attached hydrogens (primary N) is 1. The largest absolute Gasteiger partial charge is 0.490 e. The second-order valence-electron chi connectivity index (χ2n) is 5.29. The van der Waals surface area contributed by atoms with Crippen LogP contribution in [0.3, 0.4) is 0 Å². The van der Waals surface area contributed by atoms with Gasteiger partial charge in [0, 0.05) is 12.1 Å². The Morgan fingerprint density at radius 2 is 1.90 bits per heavy atom. The molecular weight excluding hydrogens is 264 g/mol. The zero-order valence-electron chi connectivity index (χ0n) is 12.8. The molecule has 0 spiro atoms. The predicted molar refractivity (Wildman–Crippen MR) is 86.6 cm³/mol. The van der Waals surface area contributed by atoms with E-state index in [4.69, 9.17) is 10.5 Å². The molecule has 2 aromatic rings. The average Bonchev–Trinajstić information content (AvgIpc) is 2.45. The third-order valence-corrected chi connectivity index (χ3v) is 3.18. The highest BCUT2D eigenvalue weighted by Gasteiger charge is 2.13. The predicted octanol–water partition coefficient (Wildman–Crippen LogP) is 3.29. The lowest BCUT2D eigenvalue weighted by molar-refractivity contribution is 0.243. The van der Waals surface area contributed by atoms with Gasteiger partial charge in [0.05, 0.1) is 17.5 Å². The van der Waals surface area contributed by atoms with Crippen LogP contribution in [0, 0.1) is 0 Å². The van der Waals surface area contributed by atoms with E-state index in [0.29, 0.717) is 6.54 Å². The molecule has 0 atom stereocenters. The Hall–Kier alpha value is -2.23. The average molecular weight is 286 g/mol. The Morgan fingerprint density at radius 1 is 1.19 bits per heavy atom. The Labute approximate surface area is 125 Å². The number of para-hydroxylation sites is 1. The van der Waals surface area contributed by atoms with Crippen molar-refractivity contribution in [3.63, 3.8) is 0 Å². The Bertz CT molecular complexity index is 675. The van der Waals surface area contributed by atoms with Crippen LogP contribution in [0.15, 0.2) is 41.2 Å². The molecule has 112 valence electrons. The summed E-state index contributed by atoms with van der Waals surface area (Å²) in [5, 5.41) is 0. The van der Waals surface area contributed by atoms with Crippen LogP contribution in [0.1, 0.15) is 27.2 Å². The van der Waals surface area contributed by atoms with Gasteiger partial charge in [-0.25, -0.2) is 0 Å². The quantitative estimate of drug-likeness (QED) is 0.917. The van der Waals surface area contributed by atoms with Gasteiger partial charge in [-0.2, -0.15) is 0 Å². The van der Waals surface area contributed by atoms with Gasteiger partial charge < -0.3 is 15.0 Å². The minimum Gasteiger partial charge on any atom is -0.490 e. The molecule has 0 aliphatic carbocycles. The standard InChI is InChI=1S/C17H22N2O2/c1-4-11-19-15(10-9-14(18)17(19)20)13-7-5-6-8-16(13)21-12(2)3/h5-10,12H,4,11,18H2,1-3H3. The van der Waals surface area contributed by atoms with Gasteiger partial charge in [0.15, 0.2) is 0 Å². The molecule has 0 bridgehead atoms. The first-order valence-corrected chi connectivity index (χ1v) is 7.30. The van der Waals surface area contributed by atoms with Crippen molar-refractivity contribution in [3.05, 3.63) is 46.8 Å². The fraction of sp³-hybridized carbons (Fsp3) is 0.353. The van der Waals surface area contributed by atoms with Crippen LogP contribution in [0.2, 0.25) is 0 Å². The number of nitrogens with zero attached hydrogens (tertiary/aromatic N) is 1. The second kappa shape index (κ2) is 6.48. The second-order valence-corrected chi connectivity index (χ2v) is 5.29. The molecule has 1 aromatic carbocycles. The third kappa shape index (κ3) is 3.27. The van der Waals surface area contributed by atoms with Gasteiger partial charge in [0.1, 0.15) is 5.75 Å². The highest BCUT2D eigenvalue weighted by Crippen LogP contribution is 2.30. The first-order chi connectivity index (χ1) is 10.0. The Kier molecular flexibility index (Phi) is 4.68. The normalized spacial score (nSPS) is 10.9. The van der Waals surface area contributed by atoms with E-state index in [1.807, 2.05) is 51.1 Å². The van der Waals surface area contributed by atoms with Crippen molar-refractivity contribution in [3.8, 4) is 17.0 Å². The zero-order chi connectivity index (χ0) is 15.4. The molecule has 21 heavy (non-hydrogen) atoms. The molecule has 0 aliphatic rings. The lowest BCUT2D eigenvalue weighted by Crippen LogP contribution is -2.24. The lowest BCUT2D eigenvalue weighted by atomic mass is 10.1. The van der Waals surface area contributed by atoms with Crippen LogP contribution in [-0.2, 0) is 6.54 Å². The smallest absolute Gasteiger partial charge is 0.274 e. The fourth-order valence-electron chi connectivity index (χ4n) is 2.31. The zero-order valence-corrected chi connectivity index (χ0v) is 12.8. The summed E-state index contributed by atoms with van der Waals surface area (Å²) in [5.41, 5.74) is 7.63. The van der Waals surface area contributed by atoms with E-state index in [1.54, 1.807) is 10.6 Å². The summed E-state index contributed by atoms with van der Waals surface area (Å²) in [6.07, 6.45) is 0.940. The topological polar surface area (TPSA) is 57.2 Å². The molecule has 4 nitrogen and oxygen atoms in total. The molecule has 1 aromatic heterocycles. The van der Waals surface area contributed by atoms with E-state index in [9.17, 15) is 4.79 Å². The number of pyridine rings is 1. The maximum Gasteiger partial charge on any atom is 0.274 e. The number of aromatic nitrogens is 1. The highest BCUT2D eigenvalue weighted by atomic mass is 16.5. The summed E-state index contributed by atoms with van der Waals surface area (Å²) in [6, 6.07) is 11.3. The highest BCUT2D eigenvalue weighted by molar-refractivity contribution is 5.68. The van der Waals surface area contributed by atoms with Crippen LogP contribution in [0.4, 0.5) is 5.69 Å². The van der Waals surface area contributed by atoms with E-state index in [0.717, 1.165) is 23.4 Å². The molecule has 0 radical (unpaired) electrons. The number of rotatable bonds is 5. The minimum absolute atomic E-state index is 0.0753. The summed E-state index contributed by atoms with van der Waals surface area (Å²) in [4.78, 5) is 12.3. The molecule has 0 aliphatic heterocycles. The third-order valence-electron chi connectivity index (χ3n) is 3.18. The van der Waals surface area contributed by atoms with E-state index < -0.39 is 0 Å². The minimum atomic E-state index is -0.145. The van der Waals surface area contributed by atoms with Gasteiger partial charge in [-0.15, -0.1) is 0 Å². The molecule has 0 saturated heterocycles. The van der Waals surface area contributed by atoms with Gasteiger partial charge >= 0.3 is 0 Å². The van der Waals surface area contributed by atoms with Crippen molar-refractivity contribution in [2.75, 3.05) is 5.73 Å². The Morgan fingerprint density at radius 3 is 2.57 bits per heavy atom. The van der Waals surface area contributed by atoms with E-state index in [2.05, 4.69) is 0 Å². The first kappa shape index (κ1) is 15.2. The number of ether oxygens (including phenoxy) is 1. The van der Waals surface area contributed by atoms with Gasteiger partial charge in [-0.1, -0.05) is 19.1 Å². The maximum atomic E-state index is 12.3. The van der Waals surface area contributed by atoms with E-state index in [-0.39, 0.29) is 17.4 Å². The van der Waals surface area contributed by atoms with Crippen molar-refractivity contribution in [2.45, 2.75) is 39.8 Å². The summed E-state index contributed by atoms with van der Waals surface area (Å²) in [5.74, 6) is 0.779. The van der Waals surface area contributed by atoms with Gasteiger partial charge in [0.25, 0.3) is 5.56 Å². The van der Waals surface area contributed by atoms with Crippen molar-refractivity contribution >= 4 is 5.69 Å². The lowest BCUT2D eigenvalue weighted by Gasteiger charge is -2.18. The van der Waals surface area contributed by atoms with Gasteiger partial charge in [0.2, 0.25) is 0 Å². The van der Waals surface area contributed by atoms with Crippen molar-refractivity contribution in [1.82, 2.24) is 4.57 Å². The summed E-state index contributed by atoms with van der Waals surface area (Å²) in [7, 11) is 0. The van der Waals surface area contributed by atoms with Crippen LogP contribution < -0.4 is 16.0 Å². The molecule has 4 heteroatoms.